The van der Waals surface area contributed by atoms with E-state index in [1.165, 1.54) is 5.56 Å². The Hall–Kier alpha value is -1.92. The summed E-state index contributed by atoms with van der Waals surface area (Å²) in [6, 6.07) is 8.66. The Morgan fingerprint density at radius 3 is 2.64 bits per heavy atom. The molecule has 1 aromatic carbocycles. The van der Waals surface area contributed by atoms with E-state index < -0.39 is 0 Å². The molecule has 136 valence electrons. The summed E-state index contributed by atoms with van der Waals surface area (Å²) in [7, 11) is 1.72. The Bertz CT molecular complexity index is 680. The Morgan fingerprint density at radius 1 is 1.20 bits per heavy atom. The molecule has 25 heavy (non-hydrogen) atoms. The molecule has 0 N–H and O–H groups in total. The molecule has 1 aliphatic heterocycles. The highest BCUT2D eigenvalue weighted by molar-refractivity contribution is 5.33. The summed E-state index contributed by atoms with van der Waals surface area (Å²) in [6.07, 6.45) is 1.20. The maximum absolute atomic E-state index is 5.87. The van der Waals surface area contributed by atoms with Gasteiger partial charge in [0, 0.05) is 25.0 Å². The summed E-state index contributed by atoms with van der Waals surface area (Å²) < 4.78 is 16.9. The van der Waals surface area contributed by atoms with Crippen molar-refractivity contribution in [1.29, 1.82) is 0 Å². The Labute approximate surface area is 149 Å². The van der Waals surface area contributed by atoms with E-state index in [1.54, 1.807) is 7.11 Å². The smallest absolute Gasteiger partial charge is 0.242 e. The third kappa shape index (κ3) is 4.38. The molecule has 3 rings (SSSR count). The third-order valence-corrected chi connectivity index (χ3v) is 4.63. The van der Waals surface area contributed by atoms with E-state index in [0.29, 0.717) is 24.4 Å². The fourth-order valence-corrected chi connectivity index (χ4v) is 3.00. The first-order chi connectivity index (χ1) is 12.1. The zero-order valence-corrected chi connectivity index (χ0v) is 15.4. The number of aromatic nitrogens is 2. The van der Waals surface area contributed by atoms with Gasteiger partial charge in [0.1, 0.15) is 12.4 Å². The van der Waals surface area contributed by atoms with Gasteiger partial charge in [0.05, 0.1) is 13.2 Å². The van der Waals surface area contributed by atoms with E-state index in [0.717, 1.165) is 25.3 Å². The van der Waals surface area contributed by atoms with E-state index in [4.69, 9.17) is 13.9 Å². The van der Waals surface area contributed by atoms with Crippen LogP contribution in [0.2, 0.25) is 0 Å². The molecule has 0 aliphatic carbocycles. The lowest BCUT2D eigenvalue weighted by molar-refractivity contribution is -0.0814. The van der Waals surface area contributed by atoms with Crippen LogP contribution in [0.3, 0.4) is 0 Å². The van der Waals surface area contributed by atoms with Gasteiger partial charge in [-0.25, -0.2) is 0 Å². The van der Waals surface area contributed by atoms with Crippen LogP contribution in [0.15, 0.2) is 28.7 Å². The first-order valence-electron chi connectivity index (χ1n) is 8.86. The van der Waals surface area contributed by atoms with Crippen LogP contribution in [0, 0.1) is 0 Å². The van der Waals surface area contributed by atoms with Gasteiger partial charge in [-0.15, -0.1) is 10.2 Å². The maximum atomic E-state index is 5.87. The van der Waals surface area contributed by atoms with E-state index in [2.05, 4.69) is 34.2 Å². The highest BCUT2D eigenvalue weighted by atomic mass is 16.5. The number of methoxy groups -OCH3 is 1. The second kappa shape index (κ2) is 7.97. The fourth-order valence-electron chi connectivity index (χ4n) is 3.00. The summed E-state index contributed by atoms with van der Waals surface area (Å²) in [5.41, 5.74) is 1.24. The van der Waals surface area contributed by atoms with Crippen molar-refractivity contribution in [2.45, 2.75) is 51.9 Å². The molecule has 1 unspecified atom stereocenters. The van der Waals surface area contributed by atoms with Crippen molar-refractivity contribution in [1.82, 2.24) is 15.1 Å². The summed E-state index contributed by atoms with van der Waals surface area (Å²) in [4.78, 5) is 2.42. The molecule has 0 radical (unpaired) electrons. The molecule has 1 aromatic heterocycles. The predicted molar refractivity (Wildman–Crippen MR) is 94.7 cm³/mol. The fraction of sp³-hybridized carbons (Fsp3) is 0.579. The molecule has 2 heterocycles. The molecule has 0 bridgehead atoms. The van der Waals surface area contributed by atoms with Crippen molar-refractivity contribution in [2.24, 2.45) is 0 Å². The van der Waals surface area contributed by atoms with Gasteiger partial charge >= 0.3 is 0 Å². The predicted octanol–water partition coefficient (Wildman–Crippen LogP) is 3.03. The minimum absolute atomic E-state index is 0.231. The molecule has 1 aliphatic rings. The van der Waals surface area contributed by atoms with Crippen LogP contribution in [0.4, 0.5) is 0 Å². The minimum Gasteiger partial charge on any atom is -0.496 e. The lowest BCUT2D eigenvalue weighted by atomic mass is 10.0. The van der Waals surface area contributed by atoms with E-state index >= 15 is 0 Å². The molecule has 1 saturated heterocycles. The van der Waals surface area contributed by atoms with E-state index in [1.807, 2.05) is 26.0 Å². The second-order valence-corrected chi connectivity index (χ2v) is 6.94. The first-order valence-corrected chi connectivity index (χ1v) is 8.86. The largest absolute Gasteiger partial charge is 0.496 e. The number of para-hydroxylation sites is 1. The zero-order valence-electron chi connectivity index (χ0n) is 15.4. The van der Waals surface area contributed by atoms with Gasteiger partial charge in [0.25, 0.3) is 0 Å². The normalized spacial score (nSPS) is 16.8. The van der Waals surface area contributed by atoms with Crippen LogP contribution in [0.5, 0.6) is 5.75 Å². The second-order valence-electron chi connectivity index (χ2n) is 6.94. The lowest BCUT2D eigenvalue weighted by Gasteiger charge is -2.42. The minimum atomic E-state index is 0.231. The maximum Gasteiger partial charge on any atom is 0.242 e. The average molecular weight is 345 g/mol. The van der Waals surface area contributed by atoms with E-state index in [9.17, 15) is 0 Å². The van der Waals surface area contributed by atoms with Crippen LogP contribution >= 0.6 is 0 Å². The van der Waals surface area contributed by atoms with Gasteiger partial charge < -0.3 is 13.9 Å². The Morgan fingerprint density at radius 2 is 1.96 bits per heavy atom. The monoisotopic (exact) mass is 345 g/mol. The number of rotatable bonds is 8. The van der Waals surface area contributed by atoms with Crippen LogP contribution in [0.25, 0.3) is 0 Å². The van der Waals surface area contributed by atoms with Gasteiger partial charge in [0.15, 0.2) is 0 Å². The van der Waals surface area contributed by atoms with Crippen LogP contribution in [-0.2, 0) is 17.8 Å². The van der Waals surface area contributed by atoms with Crippen molar-refractivity contribution in [2.75, 3.05) is 20.2 Å². The number of ether oxygens (including phenoxy) is 2. The zero-order chi connectivity index (χ0) is 17.8. The van der Waals surface area contributed by atoms with Crippen molar-refractivity contribution in [3.8, 4) is 5.75 Å². The highest BCUT2D eigenvalue weighted by Crippen LogP contribution is 2.24. The van der Waals surface area contributed by atoms with Gasteiger partial charge in [-0.1, -0.05) is 32.0 Å². The number of hydrogen-bond acceptors (Lipinski definition) is 6. The lowest BCUT2D eigenvalue weighted by Crippen LogP contribution is -2.56. The van der Waals surface area contributed by atoms with Gasteiger partial charge in [-0.05, 0) is 25.0 Å². The van der Waals surface area contributed by atoms with Crippen molar-refractivity contribution < 1.29 is 13.9 Å². The average Bonchev–Trinajstić information content (AvgIpc) is 3.03. The van der Waals surface area contributed by atoms with Crippen molar-refractivity contribution in [3.63, 3.8) is 0 Å². The summed E-state index contributed by atoms with van der Waals surface area (Å²) in [5.74, 6) is 2.43. The molecule has 0 amide bonds. The van der Waals surface area contributed by atoms with Crippen LogP contribution < -0.4 is 4.74 Å². The SMILES string of the molecule is COc1ccccc1CC(C)N1CC(OCc2nnc(C(C)C)o2)C1. The molecular formula is C19H27N3O3. The molecular weight excluding hydrogens is 318 g/mol. The van der Waals surface area contributed by atoms with Gasteiger partial charge in [-0.2, -0.15) is 0 Å². The van der Waals surface area contributed by atoms with Crippen molar-refractivity contribution in [3.05, 3.63) is 41.6 Å². The van der Waals surface area contributed by atoms with Crippen LogP contribution in [-0.4, -0.2) is 47.4 Å². The quantitative estimate of drug-likeness (QED) is 0.733. The van der Waals surface area contributed by atoms with Gasteiger partial charge in [0.2, 0.25) is 11.8 Å². The van der Waals surface area contributed by atoms with Gasteiger partial charge in [-0.3, -0.25) is 4.90 Å². The topological polar surface area (TPSA) is 60.6 Å². The Kier molecular flexibility index (Phi) is 5.71. The molecule has 0 spiro atoms. The van der Waals surface area contributed by atoms with Crippen molar-refractivity contribution >= 4 is 0 Å². The Balaban J connectivity index is 1.42. The summed E-state index contributed by atoms with van der Waals surface area (Å²) in [6.45, 7) is 8.56. The number of hydrogen-bond donors (Lipinski definition) is 0. The standard InChI is InChI=1S/C19H27N3O3/c1-13(2)19-21-20-18(25-19)12-24-16-10-22(11-16)14(3)9-15-7-5-6-8-17(15)23-4/h5-8,13-14,16H,9-12H2,1-4H3. The van der Waals surface area contributed by atoms with E-state index in [-0.39, 0.29) is 12.0 Å². The third-order valence-electron chi connectivity index (χ3n) is 4.63. The summed E-state index contributed by atoms with van der Waals surface area (Å²) in [5, 5.41) is 8.05. The first kappa shape index (κ1) is 17.9. The molecule has 6 nitrogen and oxygen atoms in total. The molecule has 0 saturated carbocycles. The highest BCUT2D eigenvalue weighted by Gasteiger charge is 2.31. The van der Waals surface area contributed by atoms with Crippen LogP contribution in [0.1, 0.15) is 44.0 Å². The molecule has 1 atom stereocenters. The number of benzene rings is 1. The summed E-state index contributed by atoms with van der Waals surface area (Å²) >= 11 is 0. The molecule has 2 aromatic rings. The molecule has 1 fully saturated rings. The number of nitrogens with zero attached hydrogens (tertiary/aromatic N) is 3. The number of likely N-dealkylation sites (tertiary alicyclic amines) is 1. The molecule has 6 heteroatoms.